The van der Waals surface area contributed by atoms with Crippen LogP contribution in [0.25, 0.3) is 0 Å². The SMILES string of the molecule is CC(=O)OCC(COC(C)=O)(COC(C)=O)N=Cc1cccc([N+](=O)[O-])c1. The molecular weight excluding hydrogens is 360 g/mol. The van der Waals surface area contributed by atoms with Crippen molar-refractivity contribution in [3.05, 3.63) is 39.9 Å². The third-order valence-corrected chi connectivity index (χ3v) is 3.20. The second kappa shape index (κ2) is 10.00. The van der Waals surface area contributed by atoms with E-state index < -0.39 is 28.4 Å². The first-order chi connectivity index (χ1) is 12.6. The number of nitrogens with zero attached hydrogens (tertiary/aromatic N) is 2. The van der Waals surface area contributed by atoms with Gasteiger partial charge in [0.2, 0.25) is 0 Å². The Morgan fingerprint density at radius 3 is 1.93 bits per heavy atom. The molecule has 0 atom stereocenters. The van der Waals surface area contributed by atoms with Gasteiger partial charge in [0.15, 0.2) is 5.54 Å². The van der Waals surface area contributed by atoms with Gasteiger partial charge in [0.25, 0.3) is 5.69 Å². The molecule has 0 unspecified atom stereocenters. The van der Waals surface area contributed by atoms with Crippen molar-refractivity contribution in [3.63, 3.8) is 0 Å². The molecule has 10 nitrogen and oxygen atoms in total. The van der Waals surface area contributed by atoms with Gasteiger partial charge in [-0.15, -0.1) is 0 Å². The van der Waals surface area contributed by atoms with Crippen LogP contribution in [0.2, 0.25) is 0 Å². The summed E-state index contributed by atoms with van der Waals surface area (Å²) in [5.41, 5.74) is -1.14. The summed E-state index contributed by atoms with van der Waals surface area (Å²) in [4.78, 5) is 48.2. The third-order valence-electron chi connectivity index (χ3n) is 3.20. The number of hydrogen-bond donors (Lipinski definition) is 0. The molecule has 0 aromatic heterocycles. The molecule has 0 bridgehead atoms. The summed E-state index contributed by atoms with van der Waals surface area (Å²) >= 11 is 0. The van der Waals surface area contributed by atoms with Crippen molar-refractivity contribution in [2.24, 2.45) is 4.99 Å². The highest BCUT2D eigenvalue weighted by atomic mass is 16.6. The minimum absolute atomic E-state index is 0.135. The standard InChI is InChI=1S/C17H20N2O8/c1-12(20)25-9-17(10-26-13(2)21,11-27-14(3)22)18-8-15-5-4-6-16(7-15)19(23)24/h4-8H,9-11H2,1-3H3. The minimum Gasteiger partial charge on any atom is -0.463 e. The van der Waals surface area contributed by atoms with Gasteiger partial charge >= 0.3 is 17.9 Å². The zero-order valence-corrected chi connectivity index (χ0v) is 15.2. The Morgan fingerprint density at radius 2 is 1.52 bits per heavy atom. The van der Waals surface area contributed by atoms with Gasteiger partial charge in [-0.05, 0) is 5.56 Å². The molecule has 0 aliphatic rings. The number of esters is 3. The zero-order chi connectivity index (χ0) is 20.4. The van der Waals surface area contributed by atoms with E-state index in [1.165, 1.54) is 45.2 Å². The lowest BCUT2D eigenvalue weighted by Gasteiger charge is -2.27. The van der Waals surface area contributed by atoms with Crippen molar-refractivity contribution in [2.45, 2.75) is 26.3 Å². The molecule has 0 radical (unpaired) electrons. The molecular formula is C17H20N2O8. The van der Waals surface area contributed by atoms with Crippen molar-refractivity contribution >= 4 is 29.8 Å². The third kappa shape index (κ3) is 8.08. The van der Waals surface area contributed by atoms with E-state index in [4.69, 9.17) is 14.2 Å². The van der Waals surface area contributed by atoms with E-state index >= 15 is 0 Å². The molecule has 0 saturated heterocycles. The van der Waals surface area contributed by atoms with Crippen LogP contribution in [-0.2, 0) is 28.6 Å². The molecule has 0 N–H and O–H groups in total. The quantitative estimate of drug-likeness (QED) is 0.206. The Hall–Kier alpha value is -3.30. The van der Waals surface area contributed by atoms with Crippen molar-refractivity contribution in [1.82, 2.24) is 0 Å². The van der Waals surface area contributed by atoms with Crippen LogP contribution in [0.1, 0.15) is 26.3 Å². The van der Waals surface area contributed by atoms with Crippen molar-refractivity contribution in [2.75, 3.05) is 19.8 Å². The van der Waals surface area contributed by atoms with Gasteiger partial charge in [0.1, 0.15) is 19.8 Å². The van der Waals surface area contributed by atoms with E-state index in [0.717, 1.165) is 0 Å². The van der Waals surface area contributed by atoms with Crippen LogP contribution >= 0.6 is 0 Å². The fraction of sp³-hybridized carbons (Fsp3) is 0.412. The van der Waals surface area contributed by atoms with Crippen LogP contribution in [-0.4, -0.2) is 54.4 Å². The predicted octanol–water partition coefficient (Wildman–Crippen LogP) is 1.44. The molecule has 0 saturated carbocycles. The normalized spacial score (nSPS) is 11.1. The summed E-state index contributed by atoms with van der Waals surface area (Å²) < 4.78 is 14.9. The lowest BCUT2D eigenvalue weighted by molar-refractivity contribution is -0.384. The molecule has 27 heavy (non-hydrogen) atoms. The van der Waals surface area contributed by atoms with Crippen LogP contribution in [0, 0.1) is 10.1 Å². The number of carbonyl (C=O) groups is 3. The van der Waals surface area contributed by atoms with Crippen LogP contribution in [0.5, 0.6) is 0 Å². The average Bonchev–Trinajstić information content (AvgIpc) is 2.60. The number of nitro benzene ring substituents is 1. The van der Waals surface area contributed by atoms with Gasteiger partial charge in [-0.3, -0.25) is 29.5 Å². The smallest absolute Gasteiger partial charge is 0.302 e. The molecule has 1 aromatic rings. The first-order valence-electron chi connectivity index (χ1n) is 7.83. The predicted molar refractivity (Wildman–Crippen MR) is 93.3 cm³/mol. The van der Waals surface area contributed by atoms with Crippen LogP contribution < -0.4 is 0 Å². The molecule has 0 fully saturated rings. The molecule has 0 aliphatic carbocycles. The second-order valence-electron chi connectivity index (χ2n) is 5.68. The number of ether oxygens (including phenoxy) is 3. The van der Waals surface area contributed by atoms with Crippen LogP contribution in [0.4, 0.5) is 5.69 Å². The van der Waals surface area contributed by atoms with Gasteiger partial charge in [-0.2, -0.15) is 0 Å². The van der Waals surface area contributed by atoms with Gasteiger partial charge in [0.05, 0.1) is 4.92 Å². The number of benzene rings is 1. The van der Waals surface area contributed by atoms with Crippen molar-refractivity contribution in [1.29, 1.82) is 0 Å². The minimum atomic E-state index is -1.40. The summed E-state index contributed by atoms with van der Waals surface area (Å²) in [6.45, 7) is 2.59. The summed E-state index contributed by atoms with van der Waals surface area (Å²) in [7, 11) is 0. The van der Waals surface area contributed by atoms with E-state index in [1.807, 2.05) is 0 Å². The fourth-order valence-electron chi connectivity index (χ4n) is 1.87. The van der Waals surface area contributed by atoms with E-state index in [9.17, 15) is 24.5 Å². The molecule has 1 rings (SSSR count). The van der Waals surface area contributed by atoms with E-state index in [2.05, 4.69) is 4.99 Å². The highest BCUT2D eigenvalue weighted by Gasteiger charge is 2.34. The fourth-order valence-corrected chi connectivity index (χ4v) is 1.87. The van der Waals surface area contributed by atoms with Crippen LogP contribution in [0.3, 0.4) is 0 Å². The van der Waals surface area contributed by atoms with Gasteiger partial charge in [0, 0.05) is 39.1 Å². The second-order valence-corrected chi connectivity index (χ2v) is 5.68. The van der Waals surface area contributed by atoms with Crippen molar-refractivity contribution < 1.29 is 33.5 Å². The largest absolute Gasteiger partial charge is 0.463 e. The maximum Gasteiger partial charge on any atom is 0.302 e. The van der Waals surface area contributed by atoms with E-state index in [-0.39, 0.29) is 25.5 Å². The van der Waals surface area contributed by atoms with Gasteiger partial charge in [-0.25, -0.2) is 0 Å². The Kier molecular flexibility index (Phi) is 8.05. The molecule has 146 valence electrons. The van der Waals surface area contributed by atoms with E-state index in [1.54, 1.807) is 6.07 Å². The monoisotopic (exact) mass is 380 g/mol. The van der Waals surface area contributed by atoms with E-state index in [0.29, 0.717) is 5.56 Å². The number of aliphatic imine (C=N–C) groups is 1. The highest BCUT2D eigenvalue weighted by Crippen LogP contribution is 2.17. The molecule has 0 aliphatic heterocycles. The maximum atomic E-state index is 11.2. The molecule has 0 spiro atoms. The Labute approximate surface area is 155 Å². The Morgan fingerprint density at radius 1 is 1.04 bits per heavy atom. The number of rotatable bonds is 9. The maximum absolute atomic E-state index is 11.2. The molecule has 10 heteroatoms. The summed E-state index contributed by atoms with van der Waals surface area (Å²) in [6.07, 6.45) is 1.30. The highest BCUT2D eigenvalue weighted by molar-refractivity contribution is 5.81. The lowest BCUT2D eigenvalue weighted by atomic mass is 10.0. The summed E-state index contributed by atoms with van der Waals surface area (Å²) in [5.74, 6) is -1.80. The average molecular weight is 380 g/mol. The number of hydrogen-bond acceptors (Lipinski definition) is 9. The first-order valence-corrected chi connectivity index (χ1v) is 7.83. The molecule has 0 amide bonds. The summed E-state index contributed by atoms with van der Waals surface area (Å²) in [6, 6.07) is 5.66. The van der Waals surface area contributed by atoms with Gasteiger partial charge in [-0.1, -0.05) is 12.1 Å². The number of non-ortho nitro benzene ring substituents is 1. The number of carbonyl (C=O) groups excluding carboxylic acids is 3. The Balaban J connectivity index is 3.18. The zero-order valence-electron chi connectivity index (χ0n) is 15.2. The number of nitro groups is 1. The summed E-state index contributed by atoms with van der Waals surface area (Å²) in [5, 5.41) is 10.9. The molecule has 0 heterocycles. The van der Waals surface area contributed by atoms with Gasteiger partial charge < -0.3 is 14.2 Å². The topological polar surface area (TPSA) is 134 Å². The Bertz CT molecular complexity index is 699. The van der Waals surface area contributed by atoms with Crippen molar-refractivity contribution in [3.8, 4) is 0 Å². The lowest BCUT2D eigenvalue weighted by Crippen LogP contribution is -2.44. The molecule has 1 aromatic carbocycles. The van der Waals surface area contributed by atoms with Crippen LogP contribution in [0.15, 0.2) is 29.3 Å². The first kappa shape index (κ1) is 21.7.